The molecule has 0 saturated heterocycles. The fourth-order valence-electron chi connectivity index (χ4n) is 1.20. The molecule has 0 fully saturated rings. The van der Waals surface area contributed by atoms with Gasteiger partial charge in [0.05, 0.1) is 23.8 Å². The van der Waals surface area contributed by atoms with E-state index in [1.807, 2.05) is 33.9 Å². The second-order valence-corrected chi connectivity index (χ2v) is 3.20. The highest BCUT2D eigenvalue weighted by atomic mass is 19.1. The average Bonchev–Trinajstić information content (AvgIpc) is 2.62. The normalized spacial score (nSPS) is 9.56. The van der Waals surface area contributed by atoms with Gasteiger partial charge in [-0.2, -0.15) is 5.10 Å². The number of pyridine rings is 1. The molecule has 0 aliphatic rings. The molecular weight excluding hydrogens is 205 g/mol. The van der Waals surface area contributed by atoms with Crippen molar-refractivity contribution >= 4 is 0 Å². The van der Waals surface area contributed by atoms with E-state index in [4.69, 9.17) is 0 Å². The number of aromatic nitrogens is 3. The van der Waals surface area contributed by atoms with Crippen LogP contribution in [0.3, 0.4) is 0 Å². The number of halogens is 1. The van der Waals surface area contributed by atoms with E-state index in [1.165, 1.54) is 12.3 Å². The zero-order valence-electron chi connectivity index (χ0n) is 10.0. The predicted molar refractivity (Wildman–Crippen MR) is 62.1 cm³/mol. The summed E-state index contributed by atoms with van der Waals surface area (Å²) in [7, 11) is 0. The van der Waals surface area contributed by atoms with E-state index in [0.29, 0.717) is 5.69 Å². The lowest BCUT2D eigenvalue weighted by atomic mass is 10.3. The summed E-state index contributed by atoms with van der Waals surface area (Å²) in [6.45, 7) is 7.88. The first-order valence-corrected chi connectivity index (χ1v) is 5.30. The molecule has 2 heterocycles. The van der Waals surface area contributed by atoms with Crippen molar-refractivity contribution in [3.63, 3.8) is 0 Å². The first kappa shape index (κ1) is 12.4. The Kier molecular flexibility index (Phi) is 4.17. The van der Waals surface area contributed by atoms with Crippen molar-refractivity contribution in [3.05, 3.63) is 41.7 Å². The predicted octanol–water partition coefficient (Wildman–Crippen LogP) is 3.05. The molecule has 16 heavy (non-hydrogen) atoms. The van der Waals surface area contributed by atoms with Gasteiger partial charge in [0.25, 0.3) is 0 Å². The van der Waals surface area contributed by atoms with Gasteiger partial charge in [0, 0.05) is 12.3 Å². The van der Waals surface area contributed by atoms with E-state index in [-0.39, 0.29) is 5.82 Å². The van der Waals surface area contributed by atoms with Crippen molar-refractivity contribution in [1.82, 2.24) is 14.8 Å². The van der Waals surface area contributed by atoms with Crippen molar-refractivity contribution in [2.24, 2.45) is 0 Å². The Morgan fingerprint density at radius 3 is 2.38 bits per heavy atom. The Labute approximate surface area is 94.9 Å². The lowest BCUT2D eigenvalue weighted by Gasteiger charge is -1.99. The van der Waals surface area contributed by atoms with Crippen molar-refractivity contribution in [2.75, 3.05) is 0 Å². The lowest BCUT2D eigenvalue weighted by molar-refractivity contribution is 0.618. The van der Waals surface area contributed by atoms with E-state index in [1.54, 1.807) is 10.9 Å². The summed E-state index contributed by atoms with van der Waals surface area (Å²) in [6.07, 6.45) is 4.60. The maximum atomic E-state index is 12.9. The minimum Gasteiger partial charge on any atom is -0.259 e. The average molecular weight is 221 g/mol. The number of aryl methyl sites for hydroxylation is 2. The summed E-state index contributed by atoms with van der Waals surface area (Å²) in [5, 5.41) is 4.23. The second-order valence-electron chi connectivity index (χ2n) is 3.20. The maximum Gasteiger partial charge on any atom is 0.143 e. The molecule has 2 rings (SSSR count). The number of hydrogen-bond acceptors (Lipinski definition) is 2. The SMILES string of the molecule is CC.Cc1cn(-c2cncc(F)c2)nc1C. The smallest absolute Gasteiger partial charge is 0.143 e. The highest BCUT2D eigenvalue weighted by Crippen LogP contribution is 2.10. The Bertz CT molecular complexity index is 444. The molecular formula is C12H16FN3. The van der Waals surface area contributed by atoms with Crippen LogP contribution in [-0.4, -0.2) is 14.8 Å². The highest BCUT2D eigenvalue weighted by molar-refractivity contribution is 5.29. The molecule has 2 aromatic rings. The Morgan fingerprint density at radius 2 is 1.88 bits per heavy atom. The largest absolute Gasteiger partial charge is 0.259 e. The molecule has 3 nitrogen and oxygen atoms in total. The van der Waals surface area contributed by atoms with E-state index in [9.17, 15) is 4.39 Å². The van der Waals surface area contributed by atoms with E-state index in [2.05, 4.69) is 10.1 Å². The van der Waals surface area contributed by atoms with E-state index < -0.39 is 0 Å². The molecule has 0 unspecified atom stereocenters. The third kappa shape index (κ3) is 2.66. The van der Waals surface area contributed by atoms with Gasteiger partial charge >= 0.3 is 0 Å². The molecule has 0 amide bonds. The molecule has 2 aromatic heterocycles. The minimum atomic E-state index is -0.353. The van der Waals surface area contributed by atoms with Gasteiger partial charge in [-0.1, -0.05) is 13.8 Å². The molecule has 0 radical (unpaired) electrons. The minimum absolute atomic E-state index is 0.353. The third-order valence-electron chi connectivity index (χ3n) is 2.10. The fraction of sp³-hybridized carbons (Fsp3) is 0.333. The Morgan fingerprint density at radius 1 is 1.19 bits per heavy atom. The van der Waals surface area contributed by atoms with Gasteiger partial charge in [-0.05, 0) is 19.4 Å². The van der Waals surface area contributed by atoms with Crippen LogP contribution in [0, 0.1) is 19.7 Å². The Hall–Kier alpha value is -1.71. The number of rotatable bonds is 1. The molecule has 0 aromatic carbocycles. The third-order valence-corrected chi connectivity index (χ3v) is 2.10. The number of hydrogen-bond donors (Lipinski definition) is 0. The number of nitrogens with zero attached hydrogens (tertiary/aromatic N) is 3. The molecule has 0 saturated carbocycles. The van der Waals surface area contributed by atoms with Gasteiger partial charge in [0.2, 0.25) is 0 Å². The van der Waals surface area contributed by atoms with Crippen LogP contribution < -0.4 is 0 Å². The van der Waals surface area contributed by atoms with Gasteiger partial charge in [-0.25, -0.2) is 9.07 Å². The van der Waals surface area contributed by atoms with Crippen LogP contribution in [-0.2, 0) is 0 Å². The van der Waals surface area contributed by atoms with Gasteiger partial charge in [0.1, 0.15) is 5.82 Å². The summed E-state index contributed by atoms with van der Waals surface area (Å²) in [5.74, 6) is -0.353. The van der Waals surface area contributed by atoms with Crippen LogP contribution in [0.5, 0.6) is 0 Å². The lowest BCUT2D eigenvalue weighted by Crippen LogP contribution is -1.96. The second kappa shape index (κ2) is 5.39. The first-order valence-electron chi connectivity index (χ1n) is 5.30. The van der Waals surface area contributed by atoms with Crippen molar-refractivity contribution in [3.8, 4) is 5.69 Å². The van der Waals surface area contributed by atoms with Gasteiger partial charge in [0.15, 0.2) is 0 Å². The highest BCUT2D eigenvalue weighted by Gasteiger charge is 2.03. The Balaban J connectivity index is 0.000000606. The monoisotopic (exact) mass is 221 g/mol. The molecule has 0 atom stereocenters. The molecule has 4 heteroatoms. The summed E-state index contributed by atoms with van der Waals surface area (Å²) in [5.41, 5.74) is 2.66. The molecule has 0 bridgehead atoms. The van der Waals surface area contributed by atoms with E-state index in [0.717, 1.165) is 11.3 Å². The zero-order valence-corrected chi connectivity index (χ0v) is 10.0. The topological polar surface area (TPSA) is 30.7 Å². The summed E-state index contributed by atoms with van der Waals surface area (Å²) < 4.78 is 14.5. The zero-order chi connectivity index (χ0) is 12.1. The molecule has 0 spiro atoms. The fourth-order valence-corrected chi connectivity index (χ4v) is 1.20. The van der Waals surface area contributed by atoms with Crippen LogP contribution in [0.25, 0.3) is 5.69 Å². The van der Waals surface area contributed by atoms with E-state index >= 15 is 0 Å². The van der Waals surface area contributed by atoms with Crippen molar-refractivity contribution < 1.29 is 4.39 Å². The van der Waals surface area contributed by atoms with Gasteiger partial charge < -0.3 is 0 Å². The van der Waals surface area contributed by atoms with Crippen LogP contribution in [0.15, 0.2) is 24.7 Å². The molecule has 86 valence electrons. The van der Waals surface area contributed by atoms with Crippen molar-refractivity contribution in [2.45, 2.75) is 27.7 Å². The van der Waals surface area contributed by atoms with Crippen LogP contribution in [0.1, 0.15) is 25.1 Å². The summed E-state index contributed by atoms with van der Waals surface area (Å²) in [4.78, 5) is 3.76. The van der Waals surface area contributed by atoms with Crippen LogP contribution in [0.2, 0.25) is 0 Å². The van der Waals surface area contributed by atoms with Crippen LogP contribution >= 0.6 is 0 Å². The quantitative estimate of drug-likeness (QED) is 0.741. The first-order chi connectivity index (χ1) is 7.66. The van der Waals surface area contributed by atoms with Crippen molar-refractivity contribution in [1.29, 1.82) is 0 Å². The maximum absolute atomic E-state index is 12.9. The molecule has 0 aliphatic carbocycles. The molecule has 0 aliphatic heterocycles. The standard InChI is InChI=1S/C10H10FN3.C2H6/c1-7-6-14(13-8(7)2)10-3-9(11)4-12-5-10;1-2/h3-6H,1-2H3;1-2H3. The van der Waals surface area contributed by atoms with Gasteiger partial charge in [-0.3, -0.25) is 4.98 Å². The summed E-state index contributed by atoms with van der Waals surface area (Å²) >= 11 is 0. The van der Waals surface area contributed by atoms with Crippen LogP contribution in [0.4, 0.5) is 4.39 Å². The van der Waals surface area contributed by atoms with Gasteiger partial charge in [-0.15, -0.1) is 0 Å². The molecule has 0 N–H and O–H groups in total. The summed E-state index contributed by atoms with van der Waals surface area (Å²) in [6, 6.07) is 1.40.